The van der Waals surface area contributed by atoms with E-state index in [4.69, 9.17) is 4.42 Å². The maximum Gasteiger partial charge on any atom is 0.289 e. The van der Waals surface area contributed by atoms with Gasteiger partial charge in [-0.1, -0.05) is 0 Å². The minimum atomic E-state index is -0.156. The van der Waals surface area contributed by atoms with Crippen LogP contribution < -0.4 is 5.32 Å². The molecule has 0 bridgehead atoms. The van der Waals surface area contributed by atoms with Crippen LogP contribution in [-0.4, -0.2) is 59.5 Å². The maximum atomic E-state index is 12.8. The topological polar surface area (TPSA) is 82.9 Å². The molecule has 0 aliphatic carbocycles. The van der Waals surface area contributed by atoms with E-state index >= 15 is 0 Å². The minimum Gasteiger partial charge on any atom is -0.459 e. The number of hydrogen-bond donors (Lipinski definition) is 1. The molecule has 4 rings (SSSR count). The van der Waals surface area contributed by atoms with Crippen LogP contribution in [-0.2, 0) is 4.79 Å². The molecule has 1 aromatic heterocycles. The first-order valence-electron chi connectivity index (χ1n) is 8.80. The lowest BCUT2D eigenvalue weighted by Gasteiger charge is -2.34. The fourth-order valence-corrected chi connectivity index (χ4v) is 4.14. The predicted octanol–water partition coefficient (Wildman–Crippen LogP) is 2.31. The number of fused-ring (bicyclic) bond motifs is 1. The van der Waals surface area contributed by atoms with Crippen LogP contribution in [0.1, 0.15) is 27.3 Å². The van der Waals surface area contributed by atoms with Gasteiger partial charge in [-0.25, -0.2) is 0 Å². The second kappa shape index (κ2) is 7.48. The van der Waals surface area contributed by atoms with Gasteiger partial charge in [0.15, 0.2) is 5.76 Å². The number of hydrogen-bond acceptors (Lipinski definition) is 5. The molecule has 0 saturated carbocycles. The fourth-order valence-electron chi connectivity index (χ4n) is 3.20. The average molecular weight is 385 g/mol. The van der Waals surface area contributed by atoms with Crippen LogP contribution in [0.5, 0.6) is 0 Å². The number of carbonyl (C=O) groups excluding carboxylic acids is 3. The Kier molecular flexibility index (Phi) is 4.89. The van der Waals surface area contributed by atoms with Crippen LogP contribution in [0.2, 0.25) is 0 Å². The second-order valence-electron chi connectivity index (χ2n) is 6.42. The number of rotatable bonds is 2. The van der Waals surface area contributed by atoms with E-state index in [2.05, 4.69) is 5.32 Å². The quantitative estimate of drug-likeness (QED) is 0.858. The molecule has 1 fully saturated rings. The zero-order chi connectivity index (χ0) is 18.8. The Morgan fingerprint density at radius 2 is 1.78 bits per heavy atom. The van der Waals surface area contributed by atoms with Gasteiger partial charge in [-0.3, -0.25) is 14.4 Å². The van der Waals surface area contributed by atoms with Crippen LogP contribution >= 0.6 is 11.8 Å². The summed E-state index contributed by atoms with van der Waals surface area (Å²) >= 11 is 1.61. The summed E-state index contributed by atoms with van der Waals surface area (Å²) in [5.41, 5.74) is 1.24. The van der Waals surface area contributed by atoms with Crippen molar-refractivity contribution in [3.05, 3.63) is 47.9 Å². The summed E-state index contributed by atoms with van der Waals surface area (Å²) in [6, 6.07) is 8.75. The van der Waals surface area contributed by atoms with Gasteiger partial charge in [-0.05, 0) is 30.3 Å². The summed E-state index contributed by atoms with van der Waals surface area (Å²) in [7, 11) is 0. The van der Waals surface area contributed by atoms with Crippen molar-refractivity contribution in [2.75, 3.05) is 37.2 Å². The van der Waals surface area contributed by atoms with Crippen LogP contribution in [0.3, 0.4) is 0 Å². The van der Waals surface area contributed by atoms with Crippen molar-refractivity contribution in [1.29, 1.82) is 0 Å². The SMILES string of the molecule is O=C1CCSc2ccc(C(=O)N3CCN(C(=O)c4ccco4)CC3)cc2N1. The highest BCUT2D eigenvalue weighted by atomic mass is 32.2. The number of nitrogens with one attached hydrogen (secondary N) is 1. The Morgan fingerprint density at radius 1 is 1.04 bits per heavy atom. The van der Waals surface area contributed by atoms with Gasteiger partial charge in [-0.2, -0.15) is 0 Å². The van der Waals surface area contributed by atoms with Crippen LogP contribution in [0, 0.1) is 0 Å². The first-order valence-corrected chi connectivity index (χ1v) is 9.79. The highest BCUT2D eigenvalue weighted by Crippen LogP contribution is 2.31. The zero-order valence-corrected chi connectivity index (χ0v) is 15.5. The predicted molar refractivity (Wildman–Crippen MR) is 101 cm³/mol. The molecule has 2 aromatic rings. The van der Waals surface area contributed by atoms with Crippen molar-refractivity contribution in [2.45, 2.75) is 11.3 Å². The summed E-state index contributed by atoms with van der Waals surface area (Å²) < 4.78 is 5.16. The van der Waals surface area contributed by atoms with Gasteiger partial charge in [0.05, 0.1) is 12.0 Å². The fraction of sp³-hybridized carbons (Fsp3) is 0.316. The molecule has 0 spiro atoms. The highest BCUT2D eigenvalue weighted by molar-refractivity contribution is 7.99. The second-order valence-corrected chi connectivity index (χ2v) is 7.56. The molecule has 1 saturated heterocycles. The molecule has 140 valence electrons. The van der Waals surface area contributed by atoms with Crippen molar-refractivity contribution >= 4 is 35.2 Å². The van der Waals surface area contributed by atoms with E-state index in [9.17, 15) is 14.4 Å². The molecule has 3 heterocycles. The van der Waals surface area contributed by atoms with E-state index in [0.29, 0.717) is 49.6 Å². The molecule has 0 radical (unpaired) electrons. The van der Waals surface area contributed by atoms with E-state index in [1.807, 2.05) is 6.07 Å². The van der Waals surface area contributed by atoms with Crippen LogP contribution in [0.25, 0.3) is 0 Å². The molecule has 1 N–H and O–H groups in total. The van der Waals surface area contributed by atoms with E-state index in [1.165, 1.54) is 6.26 Å². The molecule has 0 unspecified atom stereocenters. The Balaban J connectivity index is 1.42. The van der Waals surface area contributed by atoms with E-state index in [-0.39, 0.29) is 17.7 Å². The van der Waals surface area contributed by atoms with E-state index in [1.54, 1.807) is 45.8 Å². The Morgan fingerprint density at radius 3 is 2.48 bits per heavy atom. The maximum absolute atomic E-state index is 12.8. The molecule has 7 nitrogen and oxygen atoms in total. The summed E-state index contributed by atoms with van der Waals surface area (Å²) in [5.74, 6) is 0.769. The number of thioether (sulfide) groups is 1. The molecule has 1 aromatic carbocycles. The van der Waals surface area contributed by atoms with Gasteiger partial charge in [0.25, 0.3) is 11.8 Å². The Hall–Kier alpha value is -2.74. The molecule has 2 aliphatic heterocycles. The minimum absolute atomic E-state index is 0.0316. The molecule has 0 atom stereocenters. The summed E-state index contributed by atoms with van der Waals surface area (Å²) in [4.78, 5) is 41.3. The van der Waals surface area contributed by atoms with Crippen LogP contribution in [0.4, 0.5) is 5.69 Å². The molecule has 27 heavy (non-hydrogen) atoms. The number of furan rings is 1. The third-order valence-electron chi connectivity index (χ3n) is 4.67. The van der Waals surface area contributed by atoms with Crippen molar-refractivity contribution in [2.24, 2.45) is 0 Å². The van der Waals surface area contributed by atoms with Crippen molar-refractivity contribution in [3.8, 4) is 0 Å². The highest BCUT2D eigenvalue weighted by Gasteiger charge is 2.27. The van der Waals surface area contributed by atoms with Crippen molar-refractivity contribution in [3.63, 3.8) is 0 Å². The average Bonchev–Trinajstić information content (AvgIpc) is 3.16. The van der Waals surface area contributed by atoms with Crippen LogP contribution in [0.15, 0.2) is 45.9 Å². The van der Waals surface area contributed by atoms with Crippen molar-refractivity contribution in [1.82, 2.24) is 9.80 Å². The first kappa shape index (κ1) is 17.7. The lowest BCUT2D eigenvalue weighted by molar-refractivity contribution is -0.115. The van der Waals surface area contributed by atoms with E-state index in [0.717, 1.165) is 10.6 Å². The smallest absolute Gasteiger partial charge is 0.289 e. The standard InChI is InChI=1S/C19H19N3O4S/c23-17-5-11-27-16-4-3-13(12-14(16)20-17)18(24)21-6-8-22(9-7-21)19(25)15-2-1-10-26-15/h1-4,10,12H,5-9,11H2,(H,20,23). The molecular formula is C19H19N3O4S. The number of benzene rings is 1. The van der Waals surface area contributed by atoms with Gasteiger partial charge in [0.1, 0.15) is 0 Å². The number of nitrogens with zero attached hydrogens (tertiary/aromatic N) is 2. The van der Waals surface area contributed by atoms with Crippen molar-refractivity contribution < 1.29 is 18.8 Å². The monoisotopic (exact) mass is 385 g/mol. The van der Waals surface area contributed by atoms with E-state index < -0.39 is 0 Å². The van der Waals surface area contributed by atoms with Gasteiger partial charge < -0.3 is 19.5 Å². The van der Waals surface area contributed by atoms with Gasteiger partial charge >= 0.3 is 0 Å². The Labute approximate surface area is 160 Å². The first-order chi connectivity index (χ1) is 13.1. The van der Waals surface area contributed by atoms with Gasteiger partial charge in [-0.15, -0.1) is 11.8 Å². The van der Waals surface area contributed by atoms with Gasteiger partial charge in [0, 0.05) is 48.8 Å². The molecule has 8 heteroatoms. The molecular weight excluding hydrogens is 366 g/mol. The lowest BCUT2D eigenvalue weighted by atomic mass is 10.1. The Bertz CT molecular complexity index is 873. The summed E-state index contributed by atoms with van der Waals surface area (Å²) in [5, 5.41) is 2.86. The third-order valence-corrected chi connectivity index (χ3v) is 5.75. The summed E-state index contributed by atoms with van der Waals surface area (Å²) in [6.07, 6.45) is 1.94. The number of carbonyl (C=O) groups is 3. The largest absolute Gasteiger partial charge is 0.459 e. The molecule has 3 amide bonds. The zero-order valence-electron chi connectivity index (χ0n) is 14.6. The number of amides is 3. The lowest BCUT2D eigenvalue weighted by Crippen LogP contribution is -2.50. The number of anilines is 1. The third kappa shape index (κ3) is 3.71. The normalized spacial score (nSPS) is 17.1. The number of piperazine rings is 1. The summed E-state index contributed by atoms with van der Waals surface area (Å²) in [6.45, 7) is 1.85. The molecule has 2 aliphatic rings. The van der Waals surface area contributed by atoms with Gasteiger partial charge in [0.2, 0.25) is 5.91 Å².